The van der Waals surface area contributed by atoms with Gasteiger partial charge in [0.2, 0.25) is 11.9 Å². The molecule has 48 heavy (non-hydrogen) atoms. The van der Waals surface area contributed by atoms with E-state index in [4.69, 9.17) is 21.1 Å². The van der Waals surface area contributed by atoms with E-state index in [2.05, 4.69) is 30.9 Å². The average molecular weight is 690 g/mol. The van der Waals surface area contributed by atoms with E-state index in [-0.39, 0.29) is 41.5 Å². The van der Waals surface area contributed by atoms with E-state index in [1.54, 1.807) is 36.1 Å². The maximum Gasteiger partial charge on any atom is 0.422 e. The van der Waals surface area contributed by atoms with Gasteiger partial charge in [0, 0.05) is 34.5 Å². The number of amides is 1. The smallest absolute Gasteiger partial charge is 0.422 e. The predicted molar refractivity (Wildman–Crippen MR) is 168 cm³/mol. The summed E-state index contributed by atoms with van der Waals surface area (Å²) < 4.78 is 48.8. The highest BCUT2D eigenvalue weighted by atomic mass is 35.5. The summed E-state index contributed by atoms with van der Waals surface area (Å²) in [5.41, 5.74) is -0.806. The van der Waals surface area contributed by atoms with Gasteiger partial charge in [-0.1, -0.05) is 11.6 Å². The maximum atomic E-state index is 12.9. The zero-order valence-electron chi connectivity index (χ0n) is 25.0. The molecule has 1 aliphatic rings. The number of nitrogens with zero attached hydrogens (tertiary/aromatic N) is 4. The number of halogens is 4. The minimum absolute atomic E-state index is 0.0142. The summed E-state index contributed by atoms with van der Waals surface area (Å²) in [6.45, 7) is -0.317. The molecule has 0 aliphatic heterocycles. The summed E-state index contributed by atoms with van der Waals surface area (Å²) in [5.74, 6) is -2.47. The molecule has 1 heterocycles. The molecule has 0 bridgehead atoms. The summed E-state index contributed by atoms with van der Waals surface area (Å²) in [6.07, 6.45) is -3.06. The Kier molecular flexibility index (Phi) is 9.98. The predicted octanol–water partition coefficient (Wildman–Crippen LogP) is 3.80. The lowest BCUT2D eigenvalue weighted by Crippen LogP contribution is -2.47. The second kappa shape index (κ2) is 14.1. The van der Waals surface area contributed by atoms with Gasteiger partial charge >= 0.3 is 18.2 Å². The highest BCUT2D eigenvalue weighted by Gasteiger charge is 2.34. The summed E-state index contributed by atoms with van der Waals surface area (Å²) >= 11 is 6.03. The Bertz CT molecular complexity index is 1860. The SMILES string of the molecule is CCOc1c(NC[C@H](NC(=O)c2ccc(Nc3nc(OCC(F)(F)F)nc(N(c4ccc(Cl)cc4)C4CC4)n3)cc2)C(=O)O)c(=O)c1=O. The molecule has 1 fully saturated rings. The van der Waals surface area contributed by atoms with Gasteiger partial charge in [0.15, 0.2) is 12.4 Å². The number of carbonyl (C=O) groups is 2. The van der Waals surface area contributed by atoms with E-state index in [1.165, 1.54) is 24.3 Å². The molecule has 1 atom stereocenters. The van der Waals surface area contributed by atoms with Crippen LogP contribution in [-0.4, -0.2) is 70.0 Å². The number of hydrogen-bond acceptors (Lipinski definition) is 12. The van der Waals surface area contributed by atoms with Gasteiger partial charge in [-0.15, -0.1) is 0 Å². The molecule has 1 saturated carbocycles. The first-order valence-corrected chi connectivity index (χ1v) is 14.8. The number of rotatable bonds is 15. The fraction of sp³-hybridized carbons (Fsp3) is 0.300. The molecule has 4 aromatic rings. The number of anilines is 5. The van der Waals surface area contributed by atoms with Crippen LogP contribution in [0, 0.1) is 0 Å². The van der Waals surface area contributed by atoms with Crippen LogP contribution in [0.4, 0.5) is 42.1 Å². The Labute approximate surface area is 274 Å². The average Bonchev–Trinajstić information content (AvgIpc) is 3.88. The lowest BCUT2D eigenvalue weighted by molar-refractivity contribution is -0.154. The van der Waals surface area contributed by atoms with E-state index >= 15 is 0 Å². The van der Waals surface area contributed by atoms with Gasteiger partial charge in [-0.2, -0.15) is 28.1 Å². The molecule has 0 spiro atoms. The first-order chi connectivity index (χ1) is 22.8. The normalized spacial score (nSPS) is 13.4. The fourth-order valence-corrected chi connectivity index (χ4v) is 4.56. The minimum atomic E-state index is -4.64. The van der Waals surface area contributed by atoms with Crippen LogP contribution < -0.4 is 41.2 Å². The third kappa shape index (κ3) is 8.28. The summed E-state index contributed by atoms with van der Waals surface area (Å²) in [6, 6.07) is 10.3. The Balaban J connectivity index is 1.31. The lowest BCUT2D eigenvalue weighted by atomic mass is 10.1. The van der Waals surface area contributed by atoms with Gasteiger partial charge < -0.3 is 35.4 Å². The van der Waals surface area contributed by atoms with Crippen LogP contribution in [0.2, 0.25) is 5.02 Å². The number of benzene rings is 2. The zero-order chi connectivity index (χ0) is 34.6. The van der Waals surface area contributed by atoms with Crippen LogP contribution in [0.1, 0.15) is 30.1 Å². The van der Waals surface area contributed by atoms with Crippen LogP contribution in [0.5, 0.6) is 11.8 Å². The first kappa shape index (κ1) is 33.9. The molecule has 0 radical (unpaired) electrons. The molecule has 1 aliphatic carbocycles. The number of hydrogen-bond donors (Lipinski definition) is 4. The van der Waals surface area contributed by atoms with Gasteiger partial charge in [0.25, 0.3) is 16.8 Å². The zero-order valence-corrected chi connectivity index (χ0v) is 25.8. The molecule has 18 heteroatoms. The third-order valence-electron chi connectivity index (χ3n) is 6.85. The molecule has 0 saturated heterocycles. The van der Waals surface area contributed by atoms with Crippen LogP contribution in [-0.2, 0) is 4.79 Å². The number of carboxylic acid groups (broad SMARTS) is 1. The molecular weight excluding hydrogens is 663 g/mol. The number of alkyl halides is 3. The molecule has 252 valence electrons. The fourth-order valence-electron chi connectivity index (χ4n) is 4.44. The number of ether oxygens (including phenoxy) is 2. The van der Waals surface area contributed by atoms with Crippen molar-refractivity contribution >= 4 is 52.4 Å². The highest BCUT2D eigenvalue weighted by molar-refractivity contribution is 6.30. The summed E-state index contributed by atoms with van der Waals surface area (Å²) in [5, 5.41) is 17.8. The first-order valence-electron chi connectivity index (χ1n) is 14.4. The van der Waals surface area contributed by atoms with Gasteiger partial charge in [-0.3, -0.25) is 14.4 Å². The topological polar surface area (TPSA) is 185 Å². The minimum Gasteiger partial charge on any atom is -0.488 e. The van der Waals surface area contributed by atoms with Gasteiger partial charge in [0.05, 0.1) is 6.61 Å². The molecule has 14 nitrogen and oxygen atoms in total. The molecule has 3 aromatic carbocycles. The van der Waals surface area contributed by atoms with Gasteiger partial charge in [-0.25, -0.2) is 4.79 Å². The Morgan fingerprint density at radius 2 is 1.71 bits per heavy atom. The van der Waals surface area contributed by atoms with Crippen molar-refractivity contribution in [1.82, 2.24) is 20.3 Å². The van der Waals surface area contributed by atoms with Crippen molar-refractivity contribution < 1.29 is 37.3 Å². The van der Waals surface area contributed by atoms with Crippen LogP contribution in [0.15, 0.2) is 58.1 Å². The van der Waals surface area contributed by atoms with E-state index in [0.29, 0.717) is 16.4 Å². The molecule has 0 unspecified atom stereocenters. The summed E-state index contributed by atoms with van der Waals surface area (Å²) in [4.78, 5) is 62.4. The number of nitrogens with one attached hydrogen (secondary N) is 3. The van der Waals surface area contributed by atoms with Crippen LogP contribution >= 0.6 is 11.6 Å². The molecule has 4 N–H and O–H groups in total. The van der Waals surface area contributed by atoms with E-state index < -0.39 is 54.1 Å². The standard InChI is InChI=1S/C30H27ClF3N7O7/c1-2-47-24-21(22(42)23(24)43)35-13-20(26(45)46)37-25(44)15-3-7-17(8-4-15)36-27-38-28(40-29(39-27)48-14-30(32,33)34)41(19-11-12-19)18-9-5-16(31)6-10-18/h3-10,19-20,35H,2,11-14H2,1H3,(H,37,44)(H,45,46)(H,36,38,39,40)/t20-/m0/s1. The highest BCUT2D eigenvalue weighted by Crippen LogP contribution is 2.38. The van der Waals surface area contributed by atoms with E-state index in [1.807, 2.05) is 0 Å². The summed E-state index contributed by atoms with van der Waals surface area (Å²) in [7, 11) is 0. The van der Waals surface area contributed by atoms with Crippen molar-refractivity contribution in [2.24, 2.45) is 0 Å². The molecule has 1 aromatic heterocycles. The second-order valence-corrected chi connectivity index (χ2v) is 10.9. The quantitative estimate of drug-likeness (QED) is 0.132. The van der Waals surface area contributed by atoms with Crippen molar-refractivity contribution in [2.45, 2.75) is 38.0 Å². The van der Waals surface area contributed by atoms with E-state index in [0.717, 1.165) is 12.8 Å². The Morgan fingerprint density at radius 3 is 2.31 bits per heavy atom. The second-order valence-electron chi connectivity index (χ2n) is 10.5. The van der Waals surface area contributed by atoms with Crippen molar-refractivity contribution in [3.8, 4) is 11.8 Å². The molecule has 5 rings (SSSR count). The number of aliphatic carboxylic acids is 1. The number of aromatic nitrogens is 3. The Hall–Kier alpha value is -5.45. The largest absolute Gasteiger partial charge is 0.488 e. The van der Waals surface area contributed by atoms with Crippen molar-refractivity contribution in [3.63, 3.8) is 0 Å². The van der Waals surface area contributed by atoms with Crippen molar-refractivity contribution in [3.05, 3.63) is 79.6 Å². The van der Waals surface area contributed by atoms with Crippen LogP contribution in [0.25, 0.3) is 0 Å². The van der Waals surface area contributed by atoms with Crippen molar-refractivity contribution in [2.75, 3.05) is 35.3 Å². The maximum absolute atomic E-state index is 12.9. The van der Waals surface area contributed by atoms with Crippen molar-refractivity contribution in [1.29, 1.82) is 0 Å². The van der Waals surface area contributed by atoms with Gasteiger partial charge in [-0.05, 0) is 68.3 Å². The monoisotopic (exact) mass is 689 g/mol. The molecular formula is C30H27ClF3N7O7. The Morgan fingerprint density at radius 1 is 1.02 bits per heavy atom. The number of carboxylic acids is 1. The molecule has 1 amide bonds. The lowest BCUT2D eigenvalue weighted by Gasteiger charge is -2.23. The van der Waals surface area contributed by atoms with Crippen LogP contribution in [0.3, 0.4) is 0 Å². The van der Waals surface area contributed by atoms with Gasteiger partial charge in [0.1, 0.15) is 11.7 Å². The third-order valence-corrected chi connectivity index (χ3v) is 7.10. The van der Waals surface area contributed by atoms with E-state index in [9.17, 15) is 37.5 Å². The number of carbonyl (C=O) groups excluding carboxylic acids is 1.